The maximum Gasteiger partial charge on any atom is 0.206 e. The van der Waals surface area contributed by atoms with Gasteiger partial charge in [-0.3, -0.25) is 4.79 Å². The summed E-state index contributed by atoms with van der Waals surface area (Å²) in [6.45, 7) is 8.18. The van der Waals surface area contributed by atoms with Gasteiger partial charge in [-0.2, -0.15) is 0 Å². The predicted molar refractivity (Wildman–Crippen MR) is 89.9 cm³/mol. The third-order valence-electron chi connectivity index (χ3n) is 3.58. The highest BCUT2D eigenvalue weighted by Gasteiger charge is 2.16. The highest BCUT2D eigenvalue weighted by atomic mass is 32.2. The average Bonchev–Trinajstić information content (AvgIpc) is 2.90. The van der Waals surface area contributed by atoms with Crippen LogP contribution in [0.25, 0.3) is 0 Å². The van der Waals surface area contributed by atoms with Crippen LogP contribution in [0.2, 0.25) is 0 Å². The topological polar surface area (TPSA) is 54.9 Å². The highest BCUT2D eigenvalue weighted by Crippen LogP contribution is 2.28. The van der Waals surface area contributed by atoms with Crippen molar-refractivity contribution in [1.82, 2.24) is 10.2 Å². The molecule has 6 heteroatoms. The van der Waals surface area contributed by atoms with Gasteiger partial charge in [-0.1, -0.05) is 29.2 Å². The second kappa shape index (κ2) is 6.58. The number of anilines is 1. The first-order valence-corrected chi connectivity index (χ1v) is 8.49. The minimum atomic E-state index is 0.152. The zero-order valence-electron chi connectivity index (χ0n) is 12.9. The van der Waals surface area contributed by atoms with E-state index < -0.39 is 0 Å². The number of aromatic nitrogens is 2. The second-order valence-corrected chi connectivity index (χ2v) is 7.17. The Morgan fingerprint density at radius 1 is 1.19 bits per heavy atom. The molecule has 0 fully saturated rings. The first-order valence-electron chi connectivity index (χ1n) is 6.68. The molecule has 0 saturated heterocycles. The number of ketones is 1. The molecule has 1 aromatic heterocycles. The zero-order valence-corrected chi connectivity index (χ0v) is 14.5. The van der Waals surface area contributed by atoms with Crippen molar-refractivity contribution in [3.63, 3.8) is 0 Å². The molecule has 1 N–H and O–H groups in total. The molecule has 0 bridgehead atoms. The second-order valence-electron chi connectivity index (χ2n) is 4.97. The zero-order chi connectivity index (χ0) is 15.6. The van der Waals surface area contributed by atoms with E-state index in [1.165, 1.54) is 34.2 Å². The first-order chi connectivity index (χ1) is 9.93. The molecule has 112 valence electrons. The van der Waals surface area contributed by atoms with Crippen molar-refractivity contribution in [2.45, 2.75) is 32.0 Å². The summed E-state index contributed by atoms with van der Waals surface area (Å²) < 4.78 is 0.812. The van der Waals surface area contributed by atoms with Crippen LogP contribution in [-0.4, -0.2) is 28.8 Å². The number of rotatable bonds is 5. The van der Waals surface area contributed by atoms with E-state index in [-0.39, 0.29) is 5.78 Å². The van der Waals surface area contributed by atoms with Gasteiger partial charge in [0.15, 0.2) is 10.1 Å². The van der Waals surface area contributed by atoms with E-state index in [4.69, 9.17) is 0 Å². The standard InChI is InChI=1S/C15H19N3OS2/c1-8-6-9(2)13(11(4)10(8)3)12(19)7-20-15-18-17-14(16-5)21-15/h6H,7H2,1-5H3,(H,16,17). The Hall–Kier alpha value is -1.40. The lowest BCUT2D eigenvalue weighted by Crippen LogP contribution is -2.09. The van der Waals surface area contributed by atoms with Crippen LogP contribution < -0.4 is 5.32 Å². The Bertz CT molecular complexity index is 680. The molecule has 0 aliphatic rings. The van der Waals surface area contributed by atoms with E-state index in [0.29, 0.717) is 5.75 Å². The molecule has 0 spiro atoms. The number of carbonyl (C=O) groups excluding carboxylic acids is 1. The Kier molecular flexibility index (Phi) is 5.00. The fourth-order valence-corrected chi connectivity index (χ4v) is 3.86. The van der Waals surface area contributed by atoms with Crippen LogP contribution in [0.4, 0.5) is 5.13 Å². The van der Waals surface area contributed by atoms with Crippen molar-refractivity contribution >= 4 is 34.0 Å². The summed E-state index contributed by atoms with van der Waals surface area (Å²) in [5.74, 6) is 0.544. The number of hydrogen-bond donors (Lipinski definition) is 1. The number of Topliss-reactive ketones (excluding diaryl/α,β-unsaturated/α-hetero) is 1. The van der Waals surface area contributed by atoms with E-state index >= 15 is 0 Å². The molecule has 0 aliphatic heterocycles. The maximum absolute atomic E-state index is 12.5. The summed E-state index contributed by atoms with van der Waals surface area (Å²) in [5.41, 5.74) is 5.42. The molecule has 0 amide bonds. The number of nitrogens with zero attached hydrogens (tertiary/aromatic N) is 2. The van der Waals surface area contributed by atoms with E-state index in [0.717, 1.165) is 26.2 Å². The Morgan fingerprint density at radius 3 is 2.52 bits per heavy atom. The quantitative estimate of drug-likeness (QED) is 0.671. The fraction of sp³-hybridized carbons (Fsp3) is 0.400. The number of benzene rings is 1. The van der Waals surface area contributed by atoms with Gasteiger partial charge in [0.25, 0.3) is 0 Å². The summed E-state index contributed by atoms with van der Waals surface area (Å²) in [6, 6.07) is 2.09. The van der Waals surface area contributed by atoms with E-state index in [2.05, 4.69) is 35.4 Å². The molecule has 0 radical (unpaired) electrons. The monoisotopic (exact) mass is 321 g/mol. The minimum Gasteiger partial charge on any atom is -0.363 e. The summed E-state index contributed by atoms with van der Waals surface area (Å²) in [5, 5.41) is 11.7. The SMILES string of the molecule is CNc1nnc(SCC(=O)c2c(C)cc(C)c(C)c2C)s1. The van der Waals surface area contributed by atoms with E-state index in [1.54, 1.807) is 0 Å². The largest absolute Gasteiger partial charge is 0.363 e. The number of aryl methyl sites for hydroxylation is 2. The van der Waals surface area contributed by atoms with Crippen LogP contribution in [0.1, 0.15) is 32.6 Å². The van der Waals surface area contributed by atoms with Crippen LogP contribution in [0.3, 0.4) is 0 Å². The van der Waals surface area contributed by atoms with Gasteiger partial charge in [0.05, 0.1) is 5.75 Å². The Balaban J connectivity index is 2.15. The predicted octanol–water partition coefficient (Wildman–Crippen LogP) is 3.79. The molecule has 4 nitrogen and oxygen atoms in total. The van der Waals surface area contributed by atoms with E-state index in [9.17, 15) is 4.79 Å². The molecular formula is C15H19N3OS2. The van der Waals surface area contributed by atoms with Gasteiger partial charge in [0.1, 0.15) is 0 Å². The summed E-state index contributed by atoms with van der Waals surface area (Å²) in [4.78, 5) is 12.5. The molecule has 0 unspecified atom stereocenters. The first kappa shape index (κ1) is 16.0. The summed E-state index contributed by atoms with van der Waals surface area (Å²) >= 11 is 2.90. The molecule has 0 atom stereocenters. The maximum atomic E-state index is 12.5. The number of hydrogen-bond acceptors (Lipinski definition) is 6. The van der Waals surface area contributed by atoms with Crippen LogP contribution in [-0.2, 0) is 0 Å². The van der Waals surface area contributed by atoms with Gasteiger partial charge < -0.3 is 5.32 Å². The van der Waals surface area contributed by atoms with Crippen LogP contribution in [0.5, 0.6) is 0 Å². The lowest BCUT2D eigenvalue weighted by Gasteiger charge is -2.13. The molecule has 1 heterocycles. The van der Waals surface area contributed by atoms with Crippen molar-refractivity contribution in [2.75, 3.05) is 18.1 Å². The van der Waals surface area contributed by atoms with Crippen LogP contribution in [0.15, 0.2) is 10.4 Å². The lowest BCUT2D eigenvalue weighted by molar-refractivity contribution is 0.102. The van der Waals surface area contributed by atoms with Crippen molar-refractivity contribution in [2.24, 2.45) is 0 Å². The summed E-state index contributed by atoms with van der Waals surface area (Å²) in [6.07, 6.45) is 0. The van der Waals surface area contributed by atoms with Gasteiger partial charge in [-0.25, -0.2) is 0 Å². The lowest BCUT2D eigenvalue weighted by atomic mass is 9.92. The fourth-order valence-electron chi connectivity index (χ4n) is 2.28. The smallest absolute Gasteiger partial charge is 0.206 e. The summed E-state index contributed by atoms with van der Waals surface area (Å²) in [7, 11) is 1.81. The Morgan fingerprint density at radius 2 is 1.90 bits per heavy atom. The van der Waals surface area contributed by atoms with Crippen molar-refractivity contribution in [3.8, 4) is 0 Å². The number of carbonyl (C=O) groups is 1. The molecule has 2 aromatic rings. The minimum absolute atomic E-state index is 0.152. The molecule has 0 aliphatic carbocycles. The van der Waals surface area contributed by atoms with Crippen molar-refractivity contribution in [1.29, 1.82) is 0 Å². The molecule has 21 heavy (non-hydrogen) atoms. The molecule has 1 aromatic carbocycles. The van der Waals surface area contributed by atoms with Crippen LogP contribution >= 0.6 is 23.1 Å². The number of thioether (sulfide) groups is 1. The third-order valence-corrected chi connectivity index (χ3v) is 5.66. The number of nitrogens with one attached hydrogen (secondary N) is 1. The third kappa shape index (κ3) is 3.44. The molecular weight excluding hydrogens is 302 g/mol. The highest BCUT2D eigenvalue weighted by molar-refractivity contribution is 8.01. The van der Waals surface area contributed by atoms with Gasteiger partial charge in [-0.15, -0.1) is 10.2 Å². The van der Waals surface area contributed by atoms with Crippen molar-refractivity contribution in [3.05, 3.63) is 33.9 Å². The van der Waals surface area contributed by atoms with Crippen molar-refractivity contribution < 1.29 is 4.79 Å². The normalized spacial score (nSPS) is 10.7. The van der Waals surface area contributed by atoms with Gasteiger partial charge in [0, 0.05) is 12.6 Å². The molecule has 2 rings (SSSR count). The van der Waals surface area contributed by atoms with Gasteiger partial charge >= 0.3 is 0 Å². The van der Waals surface area contributed by atoms with Crippen LogP contribution in [0, 0.1) is 27.7 Å². The Labute approximate surface area is 133 Å². The van der Waals surface area contributed by atoms with Gasteiger partial charge in [-0.05, 0) is 49.9 Å². The van der Waals surface area contributed by atoms with E-state index in [1.807, 2.05) is 20.9 Å². The average molecular weight is 321 g/mol. The molecule has 0 saturated carbocycles. The van der Waals surface area contributed by atoms with Gasteiger partial charge in [0.2, 0.25) is 5.13 Å².